The Morgan fingerprint density at radius 3 is 3.12 bits per heavy atom. The van der Waals surface area contributed by atoms with Gasteiger partial charge in [0.2, 0.25) is 5.62 Å². The summed E-state index contributed by atoms with van der Waals surface area (Å²) in [5.74, 6) is 0.272. The molecule has 0 saturated carbocycles. The van der Waals surface area contributed by atoms with Crippen LogP contribution in [-0.4, -0.2) is 28.9 Å². The van der Waals surface area contributed by atoms with Gasteiger partial charge in [0.15, 0.2) is 0 Å². The summed E-state index contributed by atoms with van der Waals surface area (Å²) in [7, 11) is 1.56. The minimum absolute atomic E-state index is 0.107. The van der Waals surface area contributed by atoms with Crippen LogP contribution in [0.4, 0.5) is 5.82 Å². The zero-order valence-corrected chi connectivity index (χ0v) is 9.86. The molecule has 0 aliphatic carbocycles. The van der Waals surface area contributed by atoms with Gasteiger partial charge in [0, 0.05) is 18.9 Å². The maximum absolute atomic E-state index is 11.6. The van der Waals surface area contributed by atoms with Gasteiger partial charge < -0.3 is 15.2 Å². The number of anilines is 1. The second-order valence-corrected chi connectivity index (χ2v) is 4.65. The second kappa shape index (κ2) is 4.44. The van der Waals surface area contributed by atoms with E-state index in [0.29, 0.717) is 6.61 Å². The van der Waals surface area contributed by atoms with Crippen molar-refractivity contribution in [3.05, 3.63) is 22.2 Å². The number of methoxy groups -OCH3 is 1. The van der Waals surface area contributed by atoms with Gasteiger partial charge in [0.1, 0.15) is 11.2 Å². The molecule has 1 fully saturated rings. The quantitative estimate of drug-likeness (QED) is 0.806. The highest BCUT2D eigenvalue weighted by atomic mass is 32.2. The number of nitrogen functional groups attached to an aromatic ring is 1. The highest BCUT2D eigenvalue weighted by Crippen LogP contribution is 2.34. The van der Waals surface area contributed by atoms with Crippen LogP contribution in [0.25, 0.3) is 0 Å². The van der Waals surface area contributed by atoms with Gasteiger partial charge in [-0.3, -0.25) is 4.57 Å². The molecule has 0 radical (unpaired) electrons. The zero-order chi connectivity index (χ0) is 11.7. The lowest BCUT2D eigenvalue weighted by Crippen LogP contribution is -2.27. The summed E-state index contributed by atoms with van der Waals surface area (Å²) in [6, 6.07) is 0. The van der Waals surface area contributed by atoms with E-state index in [-0.39, 0.29) is 22.5 Å². The Bertz CT molecular complexity index is 448. The number of aromatic nitrogens is 2. The minimum Gasteiger partial charge on any atom is -0.383 e. The van der Waals surface area contributed by atoms with E-state index >= 15 is 0 Å². The Kier molecular flexibility index (Phi) is 3.17. The number of nitrogens with two attached hydrogens (primary N) is 1. The molecule has 1 saturated heterocycles. The highest BCUT2D eigenvalue weighted by molar-refractivity contribution is 7.99. The number of thioether (sulfide) groups is 1. The molecular formula is C9H13N3O3S. The van der Waals surface area contributed by atoms with Crippen molar-refractivity contribution < 1.29 is 9.47 Å². The molecule has 0 bridgehead atoms. The summed E-state index contributed by atoms with van der Waals surface area (Å²) in [5, 5.41) is -0.107. The van der Waals surface area contributed by atoms with Gasteiger partial charge in [-0.2, -0.15) is 4.98 Å². The molecule has 0 aromatic carbocycles. The first-order valence-corrected chi connectivity index (χ1v) is 5.71. The first-order valence-electron chi connectivity index (χ1n) is 4.77. The topological polar surface area (TPSA) is 79.4 Å². The van der Waals surface area contributed by atoms with E-state index in [1.54, 1.807) is 13.3 Å². The number of nitrogens with zero attached hydrogens (tertiary/aromatic N) is 2. The summed E-state index contributed by atoms with van der Waals surface area (Å²) < 4.78 is 11.9. The van der Waals surface area contributed by atoms with Crippen LogP contribution in [0.3, 0.4) is 0 Å². The van der Waals surface area contributed by atoms with E-state index in [2.05, 4.69) is 4.98 Å². The summed E-state index contributed by atoms with van der Waals surface area (Å²) >= 11 is 1.43. The summed E-state index contributed by atoms with van der Waals surface area (Å²) in [6.07, 6.45) is 1.70. The first-order chi connectivity index (χ1) is 7.61. The van der Waals surface area contributed by atoms with Gasteiger partial charge in [-0.25, -0.2) is 4.79 Å². The van der Waals surface area contributed by atoms with Crippen LogP contribution < -0.4 is 11.4 Å². The maximum atomic E-state index is 11.6. The number of rotatable bonds is 2. The lowest BCUT2D eigenvalue weighted by molar-refractivity contribution is -0.0483. The van der Waals surface area contributed by atoms with Crippen molar-refractivity contribution in [1.29, 1.82) is 0 Å². The molecule has 6 nitrogen and oxygen atoms in total. The third kappa shape index (κ3) is 2.06. The van der Waals surface area contributed by atoms with E-state index in [9.17, 15) is 4.79 Å². The Morgan fingerprint density at radius 2 is 2.50 bits per heavy atom. The monoisotopic (exact) mass is 243 g/mol. The van der Waals surface area contributed by atoms with Gasteiger partial charge in [0.25, 0.3) is 0 Å². The fraction of sp³-hybridized carbons (Fsp3) is 0.556. The van der Waals surface area contributed by atoms with E-state index in [1.807, 2.05) is 6.92 Å². The molecule has 0 amide bonds. The second-order valence-electron chi connectivity index (χ2n) is 3.45. The van der Waals surface area contributed by atoms with Crippen LogP contribution in [0.15, 0.2) is 11.0 Å². The lowest BCUT2D eigenvalue weighted by atomic mass is 10.3. The molecule has 2 atom stereocenters. The first kappa shape index (κ1) is 11.4. The fourth-order valence-corrected chi connectivity index (χ4v) is 2.39. The Labute approximate surface area is 96.8 Å². The van der Waals surface area contributed by atoms with Crippen molar-refractivity contribution in [1.82, 2.24) is 9.55 Å². The van der Waals surface area contributed by atoms with Crippen molar-refractivity contribution in [2.45, 2.75) is 17.9 Å². The molecular weight excluding hydrogens is 230 g/mol. The number of ether oxygens (including phenoxy) is 2. The number of hydrogen-bond acceptors (Lipinski definition) is 6. The largest absolute Gasteiger partial charge is 0.383 e. The molecule has 2 rings (SSSR count). The average molecular weight is 243 g/mol. The maximum Gasteiger partial charge on any atom is 0.350 e. The molecule has 7 heteroatoms. The van der Waals surface area contributed by atoms with Crippen LogP contribution in [0.2, 0.25) is 0 Å². The van der Waals surface area contributed by atoms with Crippen LogP contribution in [-0.2, 0) is 9.47 Å². The van der Waals surface area contributed by atoms with Gasteiger partial charge in [-0.15, -0.1) is 0 Å². The Morgan fingerprint density at radius 1 is 1.75 bits per heavy atom. The van der Waals surface area contributed by atoms with Crippen molar-refractivity contribution in [2.24, 2.45) is 0 Å². The predicted octanol–water partition coefficient (Wildman–Crippen LogP) is 0.326. The Balaban J connectivity index is 2.28. The summed E-state index contributed by atoms with van der Waals surface area (Å²) in [4.78, 5) is 15.4. The third-order valence-electron chi connectivity index (χ3n) is 2.32. The number of hydrogen-bond donors (Lipinski definition) is 1. The smallest absolute Gasteiger partial charge is 0.350 e. The molecule has 1 aliphatic rings. The van der Waals surface area contributed by atoms with Gasteiger partial charge in [-0.05, 0) is 6.92 Å². The molecule has 1 aliphatic heterocycles. The fourth-order valence-electron chi connectivity index (χ4n) is 1.42. The van der Waals surface area contributed by atoms with Crippen LogP contribution in [0.1, 0.15) is 10.9 Å². The zero-order valence-electron chi connectivity index (χ0n) is 9.04. The molecule has 2 N–H and O–H groups in total. The summed E-state index contributed by atoms with van der Waals surface area (Å²) in [6.45, 7) is 2.24. The van der Waals surface area contributed by atoms with Crippen molar-refractivity contribution >= 4 is 17.6 Å². The number of aryl methyl sites for hydroxylation is 1. The lowest BCUT2D eigenvalue weighted by Gasteiger charge is -2.12. The van der Waals surface area contributed by atoms with E-state index in [4.69, 9.17) is 15.2 Å². The molecule has 2 heterocycles. The van der Waals surface area contributed by atoms with Crippen molar-refractivity contribution in [2.75, 3.05) is 19.5 Å². The molecule has 2 unspecified atom stereocenters. The molecule has 16 heavy (non-hydrogen) atoms. The third-order valence-corrected chi connectivity index (χ3v) is 3.55. The highest BCUT2D eigenvalue weighted by Gasteiger charge is 2.28. The SMILES string of the molecule is COC1OCC(n2cc(C)c(N)nc2=O)S1. The normalized spacial score (nSPS) is 24.9. The Hall–Kier alpha value is -1.05. The molecule has 1 aromatic heterocycles. The van der Waals surface area contributed by atoms with Gasteiger partial charge in [0.05, 0.1) is 6.61 Å². The minimum atomic E-state index is -0.360. The molecule has 88 valence electrons. The molecule has 0 spiro atoms. The van der Waals surface area contributed by atoms with Crippen LogP contribution in [0, 0.1) is 6.92 Å². The van der Waals surface area contributed by atoms with E-state index < -0.39 is 0 Å². The predicted molar refractivity (Wildman–Crippen MR) is 61.0 cm³/mol. The van der Waals surface area contributed by atoms with E-state index in [1.165, 1.54) is 16.3 Å². The van der Waals surface area contributed by atoms with Crippen LogP contribution >= 0.6 is 11.8 Å². The van der Waals surface area contributed by atoms with Crippen molar-refractivity contribution in [3.63, 3.8) is 0 Å². The van der Waals surface area contributed by atoms with E-state index in [0.717, 1.165) is 5.56 Å². The standard InChI is InChI=1S/C9H13N3O3S/c1-5-3-12(8(13)11-7(5)10)6-4-15-9(14-2)16-6/h3,6,9H,4H2,1-2H3,(H2,10,11,13). The molecule has 1 aromatic rings. The van der Waals surface area contributed by atoms with Gasteiger partial charge in [-0.1, -0.05) is 11.8 Å². The average Bonchev–Trinajstić information content (AvgIpc) is 2.71. The van der Waals surface area contributed by atoms with Crippen LogP contribution in [0.5, 0.6) is 0 Å². The summed E-state index contributed by atoms with van der Waals surface area (Å²) in [5.41, 5.74) is 5.65. The van der Waals surface area contributed by atoms with Gasteiger partial charge >= 0.3 is 5.69 Å². The van der Waals surface area contributed by atoms with Crippen molar-refractivity contribution in [3.8, 4) is 0 Å².